The number of rotatable bonds is 4. The van der Waals surface area contributed by atoms with Crippen LogP contribution in [0.15, 0.2) is 42.5 Å². The van der Waals surface area contributed by atoms with Gasteiger partial charge in [-0.2, -0.15) is 0 Å². The van der Waals surface area contributed by atoms with Gasteiger partial charge in [0.2, 0.25) is 0 Å². The van der Waals surface area contributed by atoms with Crippen LogP contribution in [0.4, 0.5) is 0 Å². The summed E-state index contributed by atoms with van der Waals surface area (Å²) in [5.74, 6) is 0.724. The quantitative estimate of drug-likeness (QED) is 0.741. The molecule has 1 aliphatic carbocycles. The van der Waals surface area contributed by atoms with E-state index >= 15 is 0 Å². The van der Waals surface area contributed by atoms with Crippen LogP contribution in [0.2, 0.25) is 0 Å². The van der Waals surface area contributed by atoms with E-state index in [1.807, 2.05) is 49.4 Å². The third-order valence-corrected chi connectivity index (χ3v) is 6.37. The zero-order valence-electron chi connectivity index (χ0n) is 17.0. The summed E-state index contributed by atoms with van der Waals surface area (Å²) in [5.41, 5.74) is 2.30. The Bertz CT molecular complexity index is 898. The molecule has 6 nitrogen and oxygen atoms in total. The van der Waals surface area contributed by atoms with Gasteiger partial charge < -0.3 is 28.3 Å². The third kappa shape index (κ3) is 2.87. The monoisotopic (exact) mass is 396 g/mol. The van der Waals surface area contributed by atoms with Gasteiger partial charge in [-0.05, 0) is 24.5 Å². The average molecular weight is 396 g/mol. The number of hydrogen-bond donors (Lipinski definition) is 0. The van der Waals surface area contributed by atoms with E-state index < -0.39 is 18.5 Å². The van der Waals surface area contributed by atoms with Gasteiger partial charge in [0.05, 0.1) is 33.5 Å². The Morgan fingerprint density at radius 1 is 0.966 bits per heavy atom. The normalized spacial score (nSPS) is 27.4. The average Bonchev–Trinajstić information content (AvgIpc) is 3.21. The van der Waals surface area contributed by atoms with Crippen molar-refractivity contribution < 1.29 is 28.3 Å². The second-order valence-corrected chi connectivity index (χ2v) is 7.87. The second kappa shape index (κ2) is 7.02. The van der Waals surface area contributed by atoms with Crippen LogP contribution in [0.25, 0.3) is 0 Å². The molecule has 2 fully saturated rings. The van der Waals surface area contributed by atoms with E-state index in [-0.39, 0.29) is 6.10 Å². The van der Waals surface area contributed by atoms with Crippen molar-refractivity contribution in [1.29, 1.82) is 0 Å². The van der Waals surface area contributed by atoms with Crippen molar-refractivity contribution in [3.05, 3.63) is 53.6 Å². The first-order valence-electron chi connectivity index (χ1n) is 9.99. The zero-order valence-corrected chi connectivity index (χ0v) is 17.0. The summed E-state index contributed by atoms with van der Waals surface area (Å²) in [5, 5.41) is 0. The smallest absolute Gasteiger partial charge is 0.494 e. The molecule has 0 radical (unpaired) electrons. The lowest BCUT2D eigenvalue weighted by molar-refractivity contribution is -0.273. The molecular formula is C22H25BO6. The highest BCUT2D eigenvalue weighted by Gasteiger charge is 2.62. The van der Waals surface area contributed by atoms with Crippen LogP contribution >= 0.6 is 0 Å². The number of fused-ring (bicyclic) bond motifs is 4. The fourth-order valence-electron chi connectivity index (χ4n) is 4.86. The van der Waals surface area contributed by atoms with Gasteiger partial charge in [-0.15, -0.1) is 0 Å². The SMILES string of the molecule is COc1ccc(OC)c2c1C[C@@]1(C3(C)OCCO3)C[C@@H]2OB(c2ccccc2)O1. The highest BCUT2D eigenvalue weighted by atomic mass is 16.8. The Hall–Kier alpha value is -2.06. The summed E-state index contributed by atoms with van der Waals surface area (Å²) in [6.07, 6.45) is 0.971. The molecule has 0 aromatic heterocycles. The molecule has 0 amide bonds. The van der Waals surface area contributed by atoms with Crippen LogP contribution in [-0.2, 0) is 25.2 Å². The van der Waals surface area contributed by atoms with E-state index in [0.29, 0.717) is 26.1 Å². The highest BCUT2D eigenvalue weighted by Crippen LogP contribution is 2.55. The van der Waals surface area contributed by atoms with E-state index in [4.69, 9.17) is 28.3 Å². The molecule has 0 unspecified atom stereocenters. The minimum atomic E-state index is -0.867. The summed E-state index contributed by atoms with van der Waals surface area (Å²) >= 11 is 0. The summed E-state index contributed by atoms with van der Waals surface area (Å²) in [7, 11) is 2.84. The number of hydrogen-bond acceptors (Lipinski definition) is 6. The standard InChI is InChI=1S/C22H25BO6/c1-21(26-11-12-27-21)22-13-16-17(24-2)9-10-18(25-3)20(16)19(14-22)28-23(29-22)15-7-5-4-6-8-15/h4-10,19H,11-14H2,1-3H3/t19-,22-/m0/s1. The summed E-state index contributed by atoms with van der Waals surface area (Å²) < 4.78 is 36.7. The molecule has 2 aliphatic heterocycles. The molecule has 5 rings (SSSR count). The fourth-order valence-corrected chi connectivity index (χ4v) is 4.86. The Balaban J connectivity index is 1.67. The van der Waals surface area contributed by atoms with Crippen molar-refractivity contribution in [3.63, 3.8) is 0 Å². The molecule has 2 aromatic carbocycles. The maximum Gasteiger partial charge on any atom is 0.494 e. The van der Waals surface area contributed by atoms with Gasteiger partial charge in [0.1, 0.15) is 17.1 Å². The van der Waals surface area contributed by atoms with Crippen molar-refractivity contribution in [2.24, 2.45) is 0 Å². The Morgan fingerprint density at radius 3 is 2.34 bits per heavy atom. The summed E-state index contributed by atoms with van der Waals surface area (Å²) in [4.78, 5) is 0. The van der Waals surface area contributed by atoms with Crippen LogP contribution in [0.1, 0.15) is 30.6 Å². The molecule has 2 atom stereocenters. The largest absolute Gasteiger partial charge is 0.496 e. The molecule has 2 heterocycles. The van der Waals surface area contributed by atoms with Crippen LogP contribution in [0.3, 0.4) is 0 Å². The zero-order chi connectivity index (χ0) is 20.1. The van der Waals surface area contributed by atoms with E-state index in [9.17, 15) is 0 Å². The molecule has 7 heteroatoms. The molecule has 0 saturated carbocycles. The first kappa shape index (κ1) is 18.9. The topological polar surface area (TPSA) is 55.4 Å². The lowest BCUT2D eigenvalue weighted by Gasteiger charge is -2.54. The van der Waals surface area contributed by atoms with Crippen LogP contribution < -0.4 is 14.9 Å². The van der Waals surface area contributed by atoms with Crippen molar-refractivity contribution in [2.45, 2.75) is 37.3 Å². The predicted molar refractivity (Wildman–Crippen MR) is 108 cm³/mol. The van der Waals surface area contributed by atoms with Gasteiger partial charge in [-0.1, -0.05) is 30.3 Å². The van der Waals surface area contributed by atoms with Gasteiger partial charge in [0.25, 0.3) is 0 Å². The fraction of sp³-hybridized carbons (Fsp3) is 0.455. The molecular weight excluding hydrogens is 371 g/mol. The van der Waals surface area contributed by atoms with Crippen molar-refractivity contribution in [2.75, 3.05) is 27.4 Å². The molecule has 3 aliphatic rings. The minimum Gasteiger partial charge on any atom is -0.496 e. The number of methoxy groups -OCH3 is 2. The lowest BCUT2D eigenvalue weighted by Crippen LogP contribution is -2.65. The second-order valence-electron chi connectivity index (χ2n) is 7.87. The molecule has 0 N–H and O–H groups in total. The molecule has 29 heavy (non-hydrogen) atoms. The Labute approximate surface area is 171 Å². The molecule has 2 saturated heterocycles. The van der Waals surface area contributed by atoms with E-state index in [0.717, 1.165) is 28.1 Å². The van der Waals surface area contributed by atoms with Crippen LogP contribution in [-0.4, -0.2) is 45.9 Å². The molecule has 2 aromatic rings. The maximum absolute atomic E-state index is 6.68. The van der Waals surface area contributed by atoms with Crippen molar-refractivity contribution in [1.82, 2.24) is 0 Å². The summed E-state index contributed by atoms with van der Waals surface area (Å²) in [6.45, 7) is 3.07. The first-order valence-corrected chi connectivity index (χ1v) is 9.99. The molecule has 152 valence electrons. The van der Waals surface area contributed by atoms with Crippen LogP contribution in [0.5, 0.6) is 11.5 Å². The molecule has 0 spiro atoms. The van der Waals surface area contributed by atoms with Crippen molar-refractivity contribution >= 4 is 12.6 Å². The Kier molecular flexibility index (Phi) is 4.59. The Morgan fingerprint density at radius 2 is 1.66 bits per heavy atom. The number of benzene rings is 2. The maximum atomic E-state index is 6.68. The van der Waals surface area contributed by atoms with Gasteiger partial charge >= 0.3 is 7.12 Å². The van der Waals surface area contributed by atoms with E-state index in [1.54, 1.807) is 14.2 Å². The number of ether oxygens (including phenoxy) is 4. The van der Waals surface area contributed by atoms with Gasteiger partial charge in [-0.3, -0.25) is 0 Å². The van der Waals surface area contributed by atoms with E-state index in [2.05, 4.69) is 0 Å². The van der Waals surface area contributed by atoms with Gasteiger partial charge in [-0.25, -0.2) is 0 Å². The van der Waals surface area contributed by atoms with E-state index in [1.165, 1.54) is 0 Å². The lowest BCUT2D eigenvalue weighted by atomic mass is 9.66. The highest BCUT2D eigenvalue weighted by molar-refractivity contribution is 6.61. The summed E-state index contributed by atoms with van der Waals surface area (Å²) in [6, 6.07) is 13.9. The molecule has 2 bridgehead atoms. The first-order chi connectivity index (χ1) is 14.1. The third-order valence-electron chi connectivity index (χ3n) is 6.37. The van der Waals surface area contributed by atoms with Crippen LogP contribution in [0, 0.1) is 0 Å². The van der Waals surface area contributed by atoms with Gasteiger partial charge in [0.15, 0.2) is 5.79 Å². The van der Waals surface area contributed by atoms with Crippen molar-refractivity contribution in [3.8, 4) is 11.5 Å². The predicted octanol–water partition coefficient (Wildman–Crippen LogP) is 2.64. The van der Waals surface area contributed by atoms with Gasteiger partial charge in [0, 0.05) is 24.0 Å². The minimum absolute atomic E-state index is 0.229.